The first-order valence-electron chi connectivity index (χ1n) is 18.7. The van der Waals surface area contributed by atoms with Gasteiger partial charge in [-0.15, -0.1) is 0 Å². The molecule has 7 rings (SSSR count). The number of carbonyl (C=O) groups excluding carboxylic acids is 1. The summed E-state index contributed by atoms with van der Waals surface area (Å²) >= 11 is 0. The lowest BCUT2D eigenvalue weighted by molar-refractivity contribution is 0.00601. The third-order valence-corrected chi connectivity index (χ3v) is 14.0. The molecule has 4 fully saturated rings. The maximum Gasteiger partial charge on any atom is 0.404 e. The molecule has 10 nitrogen and oxygen atoms in total. The van der Waals surface area contributed by atoms with Crippen LogP contribution in [0.25, 0.3) is 0 Å². The minimum absolute atomic E-state index is 0.0289. The van der Waals surface area contributed by atoms with Crippen LogP contribution in [0, 0.1) is 17.7 Å². The number of carboxylic acid groups (broad SMARTS) is 1. The molecule has 3 aromatic carbocycles. The summed E-state index contributed by atoms with van der Waals surface area (Å²) < 4.78 is 57.6. The van der Waals surface area contributed by atoms with E-state index in [0.717, 1.165) is 69.4 Å². The predicted octanol–water partition coefficient (Wildman–Crippen LogP) is 5.34. The molecule has 3 aliphatic heterocycles. The van der Waals surface area contributed by atoms with Crippen molar-refractivity contribution in [3.8, 4) is 0 Å². The fraction of sp³-hybridized carbons (Fsp3) is 0.500. The van der Waals surface area contributed by atoms with E-state index in [1.165, 1.54) is 49.5 Å². The molecule has 2 amide bonds. The zero-order valence-corrected chi connectivity index (χ0v) is 31.0. The molecule has 3 N–H and O–H groups in total. The van der Waals surface area contributed by atoms with Gasteiger partial charge in [0.2, 0.25) is 9.84 Å². The van der Waals surface area contributed by atoms with Crippen LogP contribution >= 0.6 is 0 Å². The molecule has 1 saturated carbocycles. The number of halogens is 2. The van der Waals surface area contributed by atoms with E-state index in [4.69, 9.17) is 0 Å². The molecule has 3 atom stereocenters. The minimum atomic E-state index is -3.80. The van der Waals surface area contributed by atoms with Crippen molar-refractivity contribution in [2.45, 2.75) is 65.4 Å². The predicted molar refractivity (Wildman–Crippen MR) is 198 cm³/mol. The maximum absolute atomic E-state index is 16.2. The van der Waals surface area contributed by atoms with Crippen LogP contribution in [-0.2, 0) is 15.3 Å². The van der Waals surface area contributed by atoms with Crippen LogP contribution in [0.1, 0.15) is 54.4 Å². The number of hydrogen-bond acceptors (Lipinski definition) is 7. The molecule has 53 heavy (non-hydrogen) atoms. The van der Waals surface area contributed by atoms with E-state index in [9.17, 15) is 27.5 Å². The molecule has 0 unspecified atom stereocenters. The van der Waals surface area contributed by atoms with Gasteiger partial charge in [-0.05, 0) is 136 Å². The van der Waals surface area contributed by atoms with Gasteiger partial charge in [0.05, 0.1) is 22.9 Å². The van der Waals surface area contributed by atoms with E-state index >= 15 is 4.39 Å². The first-order chi connectivity index (χ1) is 25.4. The molecule has 0 bridgehead atoms. The second kappa shape index (κ2) is 15.0. The molecule has 4 aliphatic rings. The van der Waals surface area contributed by atoms with Gasteiger partial charge in [0.1, 0.15) is 5.82 Å². The Bertz CT molecular complexity index is 1890. The number of anilines is 1. The standard InChI is InChI=1S/C40H49F2N5O5S/c1-43-37(48)28-9-13-33(14-10-28)53(51,52)34-15-11-32(12-16-34)47-25-39(42,26-47)24-46-21-17-29(18-22-46)40(27-45-19-4-20-45,30-5-2-6-31(41)23-30)35-7-3-8-36(35)44-38(49)50/h2,5-6,9-16,23,29,35-36,44H,3-4,7-8,17-22,24-27H2,1H3,(H,43,48)(H,49,50)/t35-,36-,40-/m0/s1. The summed E-state index contributed by atoms with van der Waals surface area (Å²) in [5, 5.41) is 15.1. The molecular formula is C40H49F2N5O5S. The molecule has 13 heteroatoms. The van der Waals surface area contributed by atoms with Gasteiger partial charge in [0, 0.05) is 42.8 Å². The number of benzene rings is 3. The number of nitrogens with one attached hydrogen (secondary N) is 2. The van der Waals surface area contributed by atoms with Crippen molar-refractivity contribution in [1.29, 1.82) is 0 Å². The molecule has 0 spiro atoms. The highest BCUT2D eigenvalue weighted by Crippen LogP contribution is 2.51. The molecule has 3 aromatic rings. The van der Waals surface area contributed by atoms with Gasteiger partial charge in [-0.1, -0.05) is 18.6 Å². The largest absolute Gasteiger partial charge is 0.465 e. The molecule has 284 valence electrons. The van der Waals surface area contributed by atoms with E-state index in [1.54, 1.807) is 24.3 Å². The first-order valence-corrected chi connectivity index (χ1v) is 20.2. The Morgan fingerprint density at radius 1 is 0.887 bits per heavy atom. The van der Waals surface area contributed by atoms with Crippen LogP contribution in [0.4, 0.5) is 19.3 Å². The number of nitrogens with zero attached hydrogens (tertiary/aromatic N) is 3. The van der Waals surface area contributed by atoms with Gasteiger partial charge >= 0.3 is 6.09 Å². The summed E-state index contributed by atoms with van der Waals surface area (Å²) in [7, 11) is -2.29. The number of piperidine rings is 1. The normalized spacial score (nSPS) is 23.4. The topological polar surface area (TPSA) is 122 Å². The Labute approximate surface area is 310 Å². The average molecular weight is 750 g/mol. The van der Waals surface area contributed by atoms with Gasteiger partial charge in [-0.25, -0.2) is 22.0 Å². The summed E-state index contributed by atoms with van der Waals surface area (Å²) in [6.07, 6.45) is 4.27. The summed E-state index contributed by atoms with van der Waals surface area (Å²) in [4.78, 5) is 30.5. The van der Waals surface area contributed by atoms with E-state index in [-0.39, 0.29) is 52.5 Å². The lowest BCUT2D eigenvalue weighted by Gasteiger charge is -2.54. The van der Waals surface area contributed by atoms with Crippen molar-refractivity contribution in [3.63, 3.8) is 0 Å². The highest BCUT2D eigenvalue weighted by Gasteiger charge is 2.53. The first kappa shape index (κ1) is 37.3. The Morgan fingerprint density at radius 3 is 2.13 bits per heavy atom. The third kappa shape index (κ3) is 7.52. The molecule has 0 radical (unpaired) electrons. The van der Waals surface area contributed by atoms with Crippen molar-refractivity contribution in [2.75, 3.05) is 64.3 Å². The van der Waals surface area contributed by atoms with E-state index in [0.29, 0.717) is 25.2 Å². The van der Waals surface area contributed by atoms with Crippen LogP contribution in [0.3, 0.4) is 0 Å². The third-order valence-electron chi connectivity index (χ3n) is 12.2. The maximum atomic E-state index is 16.2. The van der Waals surface area contributed by atoms with Crippen molar-refractivity contribution in [2.24, 2.45) is 11.8 Å². The van der Waals surface area contributed by atoms with E-state index in [1.807, 2.05) is 11.0 Å². The smallest absolute Gasteiger partial charge is 0.404 e. The van der Waals surface area contributed by atoms with Crippen molar-refractivity contribution >= 4 is 27.5 Å². The number of hydrogen-bond donors (Lipinski definition) is 3. The second-order valence-electron chi connectivity index (χ2n) is 15.4. The van der Waals surface area contributed by atoms with Gasteiger partial charge in [0.25, 0.3) is 5.91 Å². The SMILES string of the molecule is CNC(=O)c1ccc(S(=O)(=O)c2ccc(N3CC(F)(CN4CCC([C@@](CN5CCC5)(c5cccc(F)c5)[C@H]5CCC[C@@H]5NC(=O)O)CC4)C3)cc2)cc1. The molecule has 1 aliphatic carbocycles. The van der Waals surface area contributed by atoms with Crippen LogP contribution in [-0.4, -0.2) is 106 Å². The monoisotopic (exact) mass is 749 g/mol. The van der Waals surface area contributed by atoms with Crippen molar-refractivity contribution < 1.29 is 31.9 Å². The molecule has 3 saturated heterocycles. The van der Waals surface area contributed by atoms with Gasteiger partial charge in [0.15, 0.2) is 5.67 Å². The molecule has 0 aromatic heterocycles. The van der Waals surface area contributed by atoms with Crippen LogP contribution < -0.4 is 15.5 Å². The quantitative estimate of drug-likeness (QED) is 0.227. The number of sulfone groups is 1. The van der Waals surface area contributed by atoms with Gasteiger partial charge in [-0.3, -0.25) is 9.69 Å². The number of amides is 2. The lowest BCUT2D eigenvalue weighted by Crippen LogP contribution is -2.65. The lowest BCUT2D eigenvalue weighted by atomic mass is 9.57. The summed E-state index contributed by atoms with van der Waals surface area (Å²) in [6, 6.07) is 19.0. The summed E-state index contributed by atoms with van der Waals surface area (Å²) in [5.74, 6) is -0.375. The average Bonchev–Trinajstić information content (AvgIpc) is 3.58. The number of likely N-dealkylation sites (tertiary alicyclic amines) is 2. The Balaban J connectivity index is 1.01. The fourth-order valence-electron chi connectivity index (χ4n) is 9.52. The summed E-state index contributed by atoms with van der Waals surface area (Å²) in [5.41, 5.74) is 0.210. The summed E-state index contributed by atoms with van der Waals surface area (Å²) in [6.45, 7) is 4.82. The van der Waals surface area contributed by atoms with Crippen LogP contribution in [0.5, 0.6) is 0 Å². The number of rotatable bonds is 12. The zero-order valence-electron chi connectivity index (χ0n) is 30.1. The highest BCUT2D eigenvalue weighted by molar-refractivity contribution is 7.91. The number of alkyl halides is 1. The molecule has 3 heterocycles. The number of carbonyl (C=O) groups is 2. The zero-order chi connectivity index (χ0) is 37.4. The van der Waals surface area contributed by atoms with E-state index < -0.39 is 27.0 Å². The van der Waals surface area contributed by atoms with Gasteiger partial charge in [-0.2, -0.15) is 0 Å². The molecular weight excluding hydrogens is 701 g/mol. The van der Waals surface area contributed by atoms with Crippen molar-refractivity contribution in [1.82, 2.24) is 20.4 Å². The fourth-order valence-corrected chi connectivity index (χ4v) is 10.8. The second-order valence-corrected chi connectivity index (χ2v) is 17.4. The Hall–Kier alpha value is -4.07. The highest BCUT2D eigenvalue weighted by atomic mass is 32.2. The minimum Gasteiger partial charge on any atom is -0.465 e. The van der Waals surface area contributed by atoms with Crippen molar-refractivity contribution in [3.05, 3.63) is 89.7 Å². The Morgan fingerprint density at radius 2 is 1.55 bits per heavy atom. The van der Waals surface area contributed by atoms with Crippen LogP contribution in [0.15, 0.2) is 82.6 Å². The van der Waals surface area contributed by atoms with Gasteiger partial charge < -0.3 is 25.5 Å². The van der Waals surface area contributed by atoms with Crippen LogP contribution in [0.2, 0.25) is 0 Å². The Kier molecular flexibility index (Phi) is 10.5. The van der Waals surface area contributed by atoms with E-state index in [2.05, 4.69) is 20.4 Å².